The zero-order chi connectivity index (χ0) is 11.0. The van der Waals surface area contributed by atoms with Gasteiger partial charge in [-0.1, -0.05) is 13.3 Å². The highest BCUT2D eigenvalue weighted by atomic mass is 16.5. The third kappa shape index (κ3) is 2.14. The van der Waals surface area contributed by atoms with Crippen molar-refractivity contribution in [3.05, 3.63) is 0 Å². The van der Waals surface area contributed by atoms with Gasteiger partial charge in [0.25, 0.3) is 0 Å². The van der Waals surface area contributed by atoms with Gasteiger partial charge in [0.2, 0.25) is 0 Å². The summed E-state index contributed by atoms with van der Waals surface area (Å²) in [5, 5.41) is 3.85. The summed E-state index contributed by atoms with van der Waals surface area (Å²) in [6.07, 6.45) is 10.7. The second kappa shape index (κ2) is 4.30. The standard InChI is InChI=1S/C14H25NO/c1-2-11-5-8-14(9-6-11)15-13(7-10-16-14)12-3-4-12/h11-13,15H,2-10H2,1H3. The van der Waals surface area contributed by atoms with Gasteiger partial charge in [0.05, 0.1) is 6.61 Å². The van der Waals surface area contributed by atoms with Crippen LogP contribution in [0.15, 0.2) is 0 Å². The van der Waals surface area contributed by atoms with E-state index in [2.05, 4.69) is 12.2 Å². The molecule has 1 aliphatic heterocycles. The highest BCUT2D eigenvalue weighted by molar-refractivity contribution is 4.96. The van der Waals surface area contributed by atoms with Crippen molar-refractivity contribution in [1.82, 2.24) is 5.32 Å². The van der Waals surface area contributed by atoms with Gasteiger partial charge in [-0.05, 0) is 56.8 Å². The van der Waals surface area contributed by atoms with Crippen LogP contribution in [0.3, 0.4) is 0 Å². The molecule has 16 heavy (non-hydrogen) atoms. The molecule has 3 rings (SSSR count). The molecule has 0 aromatic rings. The van der Waals surface area contributed by atoms with Gasteiger partial charge in [-0.25, -0.2) is 0 Å². The first-order valence-corrected chi connectivity index (χ1v) is 7.23. The van der Waals surface area contributed by atoms with E-state index in [1.807, 2.05) is 0 Å². The Bertz CT molecular complexity index is 241. The van der Waals surface area contributed by atoms with Crippen LogP contribution in [0.1, 0.15) is 58.3 Å². The van der Waals surface area contributed by atoms with Gasteiger partial charge in [-0.2, -0.15) is 0 Å². The van der Waals surface area contributed by atoms with Crippen molar-refractivity contribution >= 4 is 0 Å². The van der Waals surface area contributed by atoms with Crippen LogP contribution in [-0.2, 0) is 4.74 Å². The molecule has 2 aliphatic carbocycles. The topological polar surface area (TPSA) is 21.3 Å². The normalized spacial score (nSPS) is 44.8. The summed E-state index contributed by atoms with van der Waals surface area (Å²) in [6.45, 7) is 3.32. The summed E-state index contributed by atoms with van der Waals surface area (Å²) in [6, 6.07) is 0.770. The maximum absolute atomic E-state index is 6.10. The monoisotopic (exact) mass is 223 g/mol. The average molecular weight is 223 g/mol. The number of hydrogen-bond acceptors (Lipinski definition) is 2. The van der Waals surface area contributed by atoms with Crippen molar-refractivity contribution in [2.75, 3.05) is 6.61 Å². The number of nitrogens with one attached hydrogen (secondary N) is 1. The Labute approximate surface area is 99.1 Å². The highest BCUT2D eigenvalue weighted by Crippen LogP contribution is 2.41. The van der Waals surface area contributed by atoms with Gasteiger partial charge in [-0.3, -0.25) is 5.32 Å². The first kappa shape index (κ1) is 11.0. The minimum Gasteiger partial charge on any atom is -0.361 e. The molecule has 0 aromatic heterocycles. The molecule has 3 aliphatic rings. The summed E-state index contributed by atoms with van der Waals surface area (Å²) in [5.41, 5.74) is 0.0805. The number of rotatable bonds is 2. The molecule has 3 fully saturated rings. The molecule has 1 spiro atoms. The van der Waals surface area contributed by atoms with E-state index in [1.54, 1.807) is 0 Å². The van der Waals surface area contributed by atoms with E-state index in [4.69, 9.17) is 4.74 Å². The molecule has 1 saturated heterocycles. The van der Waals surface area contributed by atoms with Gasteiger partial charge in [-0.15, -0.1) is 0 Å². The maximum atomic E-state index is 6.10. The van der Waals surface area contributed by atoms with E-state index in [-0.39, 0.29) is 5.72 Å². The van der Waals surface area contributed by atoms with Gasteiger partial charge in [0.15, 0.2) is 0 Å². The Balaban J connectivity index is 1.60. The molecule has 2 heteroatoms. The van der Waals surface area contributed by atoms with Gasteiger partial charge in [0.1, 0.15) is 5.72 Å². The molecule has 0 radical (unpaired) electrons. The molecule has 0 bridgehead atoms. The second-order valence-corrected chi connectivity index (χ2v) is 6.07. The molecule has 0 aromatic carbocycles. The molecule has 1 N–H and O–H groups in total. The van der Waals surface area contributed by atoms with Crippen molar-refractivity contribution in [2.45, 2.75) is 70.1 Å². The smallest absolute Gasteiger partial charge is 0.119 e. The predicted octanol–water partition coefficient (Wildman–Crippen LogP) is 3.07. The molecule has 1 atom stereocenters. The highest BCUT2D eigenvalue weighted by Gasteiger charge is 2.43. The van der Waals surface area contributed by atoms with Crippen LogP contribution in [0.25, 0.3) is 0 Å². The molecule has 1 heterocycles. The summed E-state index contributed by atoms with van der Waals surface area (Å²) in [5.74, 6) is 1.93. The zero-order valence-corrected chi connectivity index (χ0v) is 10.5. The zero-order valence-electron chi connectivity index (χ0n) is 10.5. The number of hydrogen-bond donors (Lipinski definition) is 1. The third-order valence-electron chi connectivity index (χ3n) is 4.94. The summed E-state index contributed by atoms with van der Waals surface area (Å²) >= 11 is 0. The Hall–Kier alpha value is -0.0800. The van der Waals surface area contributed by atoms with Crippen LogP contribution in [0.2, 0.25) is 0 Å². The average Bonchev–Trinajstić information content (AvgIpc) is 3.14. The summed E-state index contributed by atoms with van der Waals surface area (Å²) in [4.78, 5) is 0. The first-order chi connectivity index (χ1) is 7.81. The lowest BCUT2D eigenvalue weighted by atomic mass is 9.81. The van der Waals surface area contributed by atoms with Gasteiger partial charge < -0.3 is 4.74 Å². The van der Waals surface area contributed by atoms with E-state index >= 15 is 0 Å². The van der Waals surface area contributed by atoms with Gasteiger partial charge in [0, 0.05) is 6.04 Å². The third-order valence-corrected chi connectivity index (χ3v) is 4.94. The van der Waals surface area contributed by atoms with Crippen LogP contribution in [0.4, 0.5) is 0 Å². The van der Waals surface area contributed by atoms with Crippen molar-refractivity contribution < 1.29 is 4.74 Å². The Morgan fingerprint density at radius 3 is 2.50 bits per heavy atom. The molecule has 92 valence electrons. The molecular weight excluding hydrogens is 198 g/mol. The Morgan fingerprint density at radius 1 is 1.12 bits per heavy atom. The molecular formula is C14H25NO. The lowest BCUT2D eigenvalue weighted by Crippen LogP contribution is -2.58. The molecule has 1 unspecified atom stereocenters. The fourth-order valence-corrected chi connectivity index (χ4v) is 3.53. The van der Waals surface area contributed by atoms with Gasteiger partial charge >= 0.3 is 0 Å². The van der Waals surface area contributed by atoms with E-state index in [1.165, 1.54) is 51.4 Å². The lowest BCUT2D eigenvalue weighted by Gasteiger charge is -2.46. The van der Waals surface area contributed by atoms with Crippen molar-refractivity contribution in [2.24, 2.45) is 11.8 Å². The molecule has 2 saturated carbocycles. The molecule has 2 nitrogen and oxygen atoms in total. The van der Waals surface area contributed by atoms with Crippen LogP contribution < -0.4 is 5.32 Å². The van der Waals surface area contributed by atoms with E-state index < -0.39 is 0 Å². The number of ether oxygens (including phenoxy) is 1. The quantitative estimate of drug-likeness (QED) is 0.777. The minimum atomic E-state index is 0.0805. The second-order valence-electron chi connectivity index (χ2n) is 6.07. The summed E-state index contributed by atoms with van der Waals surface area (Å²) in [7, 11) is 0. The summed E-state index contributed by atoms with van der Waals surface area (Å²) < 4.78 is 6.10. The fraction of sp³-hybridized carbons (Fsp3) is 1.00. The lowest BCUT2D eigenvalue weighted by molar-refractivity contribution is -0.138. The van der Waals surface area contributed by atoms with Crippen LogP contribution in [0, 0.1) is 11.8 Å². The predicted molar refractivity (Wildman–Crippen MR) is 65.2 cm³/mol. The SMILES string of the molecule is CCC1CCC2(CC1)NC(C1CC1)CCO2. The van der Waals surface area contributed by atoms with Crippen LogP contribution >= 0.6 is 0 Å². The Morgan fingerprint density at radius 2 is 1.88 bits per heavy atom. The van der Waals surface area contributed by atoms with E-state index in [9.17, 15) is 0 Å². The van der Waals surface area contributed by atoms with Crippen molar-refractivity contribution in [3.8, 4) is 0 Å². The minimum absolute atomic E-state index is 0.0805. The van der Waals surface area contributed by atoms with Crippen LogP contribution in [-0.4, -0.2) is 18.4 Å². The first-order valence-electron chi connectivity index (χ1n) is 7.23. The molecule has 0 amide bonds. The fourth-order valence-electron chi connectivity index (χ4n) is 3.53. The van der Waals surface area contributed by atoms with E-state index in [0.717, 1.165) is 24.5 Å². The van der Waals surface area contributed by atoms with E-state index in [0.29, 0.717) is 0 Å². The van der Waals surface area contributed by atoms with Crippen LogP contribution in [0.5, 0.6) is 0 Å². The largest absolute Gasteiger partial charge is 0.361 e. The Kier molecular flexibility index (Phi) is 2.97. The maximum Gasteiger partial charge on any atom is 0.119 e. The van der Waals surface area contributed by atoms with Crippen molar-refractivity contribution in [3.63, 3.8) is 0 Å². The van der Waals surface area contributed by atoms with Crippen molar-refractivity contribution in [1.29, 1.82) is 0 Å².